The third-order valence-corrected chi connectivity index (χ3v) is 10.2. The van der Waals surface area contributed by atoms with Crippen LogP contribution in [0.1, 0.15) is 206 Å². The first-order valence-corrected chi connectivity index (χ1v) is 22.2. The Labute approximate surface area is 327 Å². The molecule has 0 aromatic heterocycles. The standard InChI is InChI=1S/C45H85NO7/c1-6-8-10-12-14-16-17-18-19-20-21-22-23-24-25-26-28-29-31-33-35-43(47)52-40-41(39-51-38-37-42(45(49)50)46(3,4)5)53-44(48)36-34-32-30-27-15-13-11-9-7-2/h21-22,41-42H,6-20,23-40H2,1-5H3/p+1/b22-21+. The van der Waals surface area contributed by atoms with Crippen LogP contribution in [-0.2, 0) is 28.6 Å². The molecule has 0 saturated heterocycles. The van der Waals surface area contributed by atoms with E-state index in [0.717, 1.165) is 38.5 Å². The first kappa shape index (κ1) is 51.1. The zero-order chi connectivity index (χ0) is 39.3. The number of carbonyl (C=O) groups excluding carboxylic acids is 2. The molecule has 0 saturated carbocycles. The number of carboxylic acids is 1. The highest BCUT2D eigenvalue weighted by Gasteiger charge is 2.31. The maximum atomic E-state index is 12.6. The van der Waals surface area contributed by atoms with Crippen LogP contribution in [-0.4, -0.2) is 80.6 Å². The first-order valence-electron chi connectivity index (χ1n) is 22.2. The van der Waals surface area contributed by atoms with Gasteiger partial charge in [-0.15, -0.1) is 0 Å². The molecule has 0 fully saturated rings. The third kappa shape index (κ3) is 35.5. The quantitative estimate of drug-likeness (QED) is 0.0288. The summed E-state index contributed by atoms with van der Waals surface area (Å²) in [4.78, 5) is 36.8. The van der Waals surface area contributed by atoms with Gasteiger partial charge in [-0.1, -0.05) is 161 Å². The Hall–Kier alpha value is -1.93. The third-order valence-electron chi connectivity index (χ3n) is 10.2. The second kappa shape index (κ2) is 37.0. The van der Waals surface area contributed by atoms with E-state index < -0.39 is 18.1 Å². The van der Waals surface area contributed by atoms with Gasteiger partial charge in [0.05, 0.1) is 34.4 Å². The molecule has 0 aliphatic heterocycles. The Morgan fingerprint density at radius 3 is 1.36 bits per heavy atom. The number of quaternary nitrogens is 1. The van der Waals surface area contributed by atoms with Gasteiger partial charge in [0, 0.05) is 19.3 Å². The Kier molecular flexibility index (Phi) is 35.7. The van der Waals surface area contributed by atoms with Gasteiger partial charge in [-0.25, -0.2) is 4.79 Å². The van der Waals surface area contributed by atoms with Gasteiger partial charge in [-0.05, 0) is 38.5 Å². The predicted molar refractivity (Wildman–Crippen MR) is 220 cm³/mol. The van der Waals surface area contributed by atoms with Crippen molar-refractivity contribution in [3.05, 3.63) is 12.2 Å². The number of carboxylic acid groups (broad SMARTS) is 1. The van der Waals surface area contributed by atoms with Crippen molar-refractivity contribution in [3.63, 3.8) is 0 Å². The largest absolute Gasteiger partial charge is 0.477 e. The lowest BCUT2D eigenvalue weighted by atomic mass is 10.1. The highest BCUT2D eigenvalue weighted by molar-refractivity contribution is 5.72. The van der Waals surface area contributed by atoms with Crippen LogP contribution in [0.2, 0.25) is 0 Å². The average Bonchev–Trinajstić information content (AvgIpc) is 3.11. The zero-order valence-corrected chi connectivity index (χ0v) is 35.5. The van der Waals surface area contributed by atoms with Crippen LogP contribution in [0, 0.1) is 0 Å². The summed E-state index contributed by atoms with van der Waals surface area (Å²) in [5.41, 5.74) is 0. The number of hydrogen-bond donors (Lipinski definition) is 1. The van der Waals surface area contributed by atoms with Crippen molar-refractivity contribution in [2.24, 2.45) is 0 Å². The molecule has 0 spiro atoms. The molecule has 53 heavy (non-hydrogen) atoms. The number of allylic oxidation sites excluding steroid dienone is 2. The topological polar surface area (TPSA) is 99.1 Å². The fourth-order valence-corrected chi connectivity index (χ4v) is 6.67. The van der Waals surface area contributed by atoms with Gasteiger partial charge >= 0.3 is 17.9 Å². The number of unbranched alkanes of at least 4 members (excludes halogenated alkanes) is 24. The summed E-state index contributed by atoms with van der Waals surface area (Å²) < 4.78 is 17.2. The Balaban J connectivity index is 4.20. The van der Waals surface area contributed by atoms with E-state index in [0.29, 0.717) is 19.3 Å². The lowest BCUT2D eigenvalue weighted by Crippen LogP contribution is -2.50. The fourth-order valence-electron chi connectivity index (χ4n) is 6.67. The van der Waals surface area contributed by atoms with Crippen LogP contribution in [0.25, 0.3) is 0 Å². The van der Waals surface area contributed by atoms with Crippen molar-refractivity contribution in [1.29, 1.82) is 0 Å². The van der Waals surface area contributed by atoms with E-state index in [4.69, 9.17) is 14.2 Å². The average molecular weight is 753 g/mol. The minimum absolute atomic E-state index is 0.0480. The van der Waals surface area contributed by atoms with E-state index in [9.17, 15) is 19.5 Å². The SMILES string of the molecule is CCCCCCCCCCC/C=C/CCCCCCCCCC(=O)OCC(COCCC(C(=O)O)[N+](C)(C)C)OC(=O)CCCCCCCCCCC. The predicted octanol–water partition coefficient (Wildman–Crippen LogP) is 11.9. The second-order valence-electron chi connectivity index (χ2n) is 16.3. The minimum atomic E-state index is -0.874. The lowest BCUT2D eigenvalue weighted by Gasteiger charge is -2.31. The molecule has 0 bridgehead atoms. The number of ether oxygens (including phenoxy) is 3. The summed E-state index contributed by atoms with van der Waals surface area (Å²) in [6.07, 6.45) is 38.3. The molecular weight excluding hydrogens is 666 g/mol. The van der Waals surface area contributed by atoms with E-state index in [1.807, 2.05) is 21.1 Å². The Bertz CT molecular complexity index is 885. The molecule has 0 amide bonds. The van der Waals surface area contributed by atoms with Gasteiger partial charge in [0.25, 0.3) is 0 Å². The van der Waals surface area contributed by atoms with Crippen molar-refractivity contribution < 1.29 is 38.2 Å². The number of nitrogens with zero attached hydrogens (tertiary/aromatic N) is 1. The molecule has 0 aromatic rings. The van der Waals surface area contributed by atoms with Gasteiger partial charge in [0.15, 0.2) is 12.1 Å². The Morgan fingerprint density at radius 1 is 0.547 bits per heavy atom. The number of rotatable bonds is 40. The van der Waals surface area contributed by atoms with Crippen LogP contribution >= 0.6 is 0 Å². The van der Waals surface area contributed by atoms with Gasteiger partial charge < -0.3 is 23.8 Å². The smallest absolute Gasteiger partial charge is 0.362 e. The van der Waals surface area contributed by atoms with Gasteiger partial charge in [-0.2, -0.15) is 0 Å². The molecule has 1 N–H and O–H groups in total. The summed E-state index contributed by atoms with van der Waals surface area (Å²) in [7, 11) is 5.53. The number of carbonyl (C=O) groups is 3. The van der Waals surface area contributed by atoms with Crippen molar-refractivity contribution in [3.8, 4) is 0 Å². The number of hydrogen-bond acceptors (Lipinski definition) is 6. The van der Waals surface area contributed by atoms with Crippen LogP contribution in [0.3, 0.4) is 0 Å². The van der Waals surface area contributed by atoms with Crippen molar-refractivity contribution in [1.82, 2.24) is 0 Å². The van der Waals surface area contributed by atoms with Crippen molar-refractivity contribution in [2.45, 2.75) is 219 Å². The molecule has 2 atom stereocenters. The lowest BCUT2D eigenvalue weighted by molar-refractivity contribution is -0.887. The monoisotopic (exact) mass is 753 g/mol. The van der Waals surface area contributed by atoms with E-state index >= 15 is 0 Å². The molecule has 8 nitrogen and oxygen atoms in total. The summed E-state index contributed by atoms with van der Waals surface area (Å²) in [6, 6.07) is -0.610. The fraction of sp³-hybridized carbons (Fsp3) is 0.889. The summed E-state index contributed by atoms with van der Waals surface area (Å²) >= 11 is 0. The van der Waals surface area contributed by atoms with Gasteiger partial charge in [0.1, 0.15) is 6.61 Å². The van der Waals surface area contributed by atoms with Crippen molar-refractivity contribution in [2.75, 3.05) is 41.0 Å². The molecule has 0 radical (unpaired) electrons. The highest BCUT2D eigenvalue weighted by Crippen LogP contribution is 2.15. The van der Waals surface area contributed by atoms with Crippen LogP contribution in [0.5, 0.6) is 0 Å². The molecule has 312 valence electrons. The molecule has 0 heterocycles. The Morgan fingerprint density at radius 2 is 0.943 bits per heavy atom. The number of likely N-dealkylation sites (N-methyl/N-ethyl adjacent to an activating group) is 1. The highest BCUT2D eigenvalue weighted by atomic mass is 16.6. The molecular formula is C45H86NO7+. The molecule has 8 heteroatoms. The maximum absolute atomic E-state index is 12.6. The van der Waals surface area contributed by atoms with E-state index in [1.165, 1.54) is 135 Å². The first-order chi connectivity index (χ1) is 25.6. The molecule has 2 unspecified atom stereocenters. The van der Waals surface area contributed by atoms with E-state index in [1.54, 1.807) is 0 Å². The number of esters is 2. The van der Waals surface area contributed by atoms with Gasteiger partial charge in [0.2, 0.25) is 0 Å². The zero-order valence-electron chi connectivity index (χ0n) is 35.5. The van der Waals surface area contributed by atoms with Crippen LogP contribution in [0.4, 0.5) is 0 Å². The van der Waals surface area contributed by atoms with E-state index in [-0.39, 0.29) is 36.2 Å². The number of aliphatic carboxylic acids is 1. The normalized spacial score (nSPS) is 13.0. The van der Waals surface area contributed by atoms with Crippen molar-refractivity contribution >= 4 is 17.9 Å². The summed E-state index contributed by atoms with van der Waals surface area (Å²) in [5.74, 6) is -1.46. The molecule has 0 aliphatic carbocycles. The second-order valence-corrected chi connectivity index (χ2v) is 16.3. The molecule has 0 rings (SSSR count). The minimum Gasteiger partial charge on any atom is -0.477 e. The van der Waals surface area contributed by atoms with Gasteiger partial charge in [-0.3, -0.25) is 9.59 Å². The summed E-state index contributed by atoms with van der Waals surface area (Å²) in [6.45, 7) is 4.73. The molecule has 0 aromatic carbocycles. The molecule has 0 aliphatic rings. The van der Waals surface area contributed by atoms with Crippen LogP contribution in [0.15, 0.2) is 12.2 Å². The van der Waals surface area contributed by atoms with E-state index in [2.05, 4.69) is 26.0 Å². The van der Waals surface area contributed by atoms with Crippen LogP contribution < -0.4 is 0 Å². The summed E-state index contributed by atoms with van der Waals surface area (Å²) in [5, 5.41) is 9.59. The maximum Gasteiger partial charge on any atom is 0.362 e.